The van der Waals surface area contributed by atoms with Gasteiger partial charge in [0.1, 0.15) is 5.75 Å². The van der Waals surface area contributed by atoms with Gasteiger partial charge in [0, 0.05) is 5.56 Å². The van der Waals surface area contributed by atoms with Crippen molar-refractivity contribution in [2.75, 3.05) is 14.2 Å². The molecule has 0 heterocycles. The second-order valence-electron chi connectivity index (χ2n) is 5.61. The number of ether oxygens (including phenoxy) is 2. The third-order valence-corrected chi connectivity index (χ3v) is 4.50. The van der Waals surface area contributed by atoms with E-state index in [0.717, 1.165) is 28.9 Å². The van der Waals surface area contributed by atoms with E-state index in [1.54, 1.807) is 7.11 Å². The van der Waals surface area contributed by atoms with E-state index in [2.05, 4.69) is 19.9 Å². The highest BCUT2D eigenvalue weighted by atomic mass is 16.5. The van der Waals surface area contributed by atoms with Gasteiger partial charge in [-0.1, -0.05) is 13.0 Å². The van der Waals surface area contributed by atoms with Crippen LogP contribution >= 0.6 is 0 Å². The molecule has 1 fully saturated rings. The number of benzene rings is 1. The first kappa shape index (κ1) is 13.9. The number of methoxy groups -OCH3 is 2. The van der Waals surface area contributed by atoms with Gasteiger partial charge in [0.05, 0.1) is 19.6 Å². The first-order valence-electron chi connectivity index (χ1n) is 6.63. The SMILES string of the molecule is COC(=O)C1(c2c(C)cc(C)c(C)c2OC)CC1C. The molecule has 1 aromatic rings. The molecule has 0 spiro atoms. The van der Waals surface area contributed by atoms with Gasteiger partial charge < -0.3 is 9.47 Å². The summed E-state index contributed by atoms with van der Waals surface area (Å²) in [7, 11) is 3.13. The van der Waals surface area contributed by atoms with Crippen molar-refractivity contribution in [1.82, 2.24) is 0 Å². The molecule has 0 bridgehead atoms. The predicted molar refractivity (Wildman–Crippen MR) is 74.7 cm³/mol. The lowest BCUT2D eigenvalue weighted by molar-refractivity contribution is -0.144. The average Bonchev–Trinajstić information content (AvgIpc) is 3.04. The summed E-state index contributed by atoms with van der Waals surface area (Å²) in [6.45, 7) is 8.23. The van der Waals surface area contributed by atoms with Crippen LogP contribution in [0.1, 0.15) is 35.6 Å². The van der Waals surface area contributed by atoms with Gasteiger partial charge in [-0.15, -0.1) is 0 Å². The molecular weight excluding hydrogens is 240 g/mol. The number of carbonyl (C=O) groups excluding carboxylic acids is 1. The van der Waals surface area contributed by atoms with Crippen LogP contribution in [0.25, 0.3) is 0 Å². The maximum atomic E-state index is 12.2. The Labute approximate surface area is 114 Å². The smallest absolute Gasteiger partial charge is 0.316 e. The van der Waals surface area contributed by atoms with E-state index in [1.165, 1.54) is 12.7 Å². The van der Waals surface area contributed by atoms with Crippen LogP contribution in [0.2, 0.25) is 0 Å². The van der Waals surface area contributed by atoms with Crippen molar-refractivity contribution in [3.63, 3.8) is 0 Å². The summed E-state index contributed by atoms with van der Waals surface area (Å²) in [5.41, 5.74) is 3.90. The Balaban J connectivity index is 2.69. The van der Waals surface area contributed by atoms with Crippen molar-refractivity contribution in [1.29, 1.82) is 0 Å². The van der Waals surface area contributed by atoms with Crippen molar-refractivity contribution in [2.24, 2.45) is 5.92 Å². The Hall–Kier alpha value is -1.51. The highest BCUT2D eigenvalue weighted by Crippen LogP contribution is 2.58. The lowest BCUT2D eigenvalue weighted by Crippen LogP contribution is -2.26. The van der Waals surface area contributed by atoms with Crippen LogP contribution in [-0.2, 0) is 14.9 Å². The topological polar surface area (TPSA) is 35.5 Å². The Morgan fingerprint density at radius 2 is 1.84 bits per heavy atom. The maximum absolute atomic E-state index is 12.2. The maximum Gasteiger partial charge on any atom is 0.316 e. The second-order valence-corrected chi connectivity index (χ2v) is 5.61. The molecule has 0 aliphatic heterocycles. The van der Waals surface area contributed by atoms with Gasteiger partial charge in [-0.2, -0.15) is 0 Å². The first-order valence-corrected chi connectivity index (χ1v) is 6.63. The van der Waals surface area contributed by atoms with Crippen LogP contribution in [-0.4, -0.2) is 20.2 Å². The van der Waals surface area contributed by atoms with Crippen molar-refractivity contribution in [3.8, 4) is 5.75 Å². The van der Waals surface area contributed by atoms with E-state index in [1.807, 2.05) is 13.8 Å². The fourth-order valence-electron chi connectivity index (χ4n) is 3.20. The summed E-state index contributed by atoms with van der Waals surface area (Å²) in [6.07, 6.45) is 0.833. The van der Waals surface area contributed by atoms with E-state index >= 15 is 0 Å². The molecule has 0 N–H and O–H groups in total. The van der Waals surface area contributed by atoms with Crippen LogP contribution in [0, 0.1) is 26.7 Å². The third-order valence-electron chi connectivity index (χ3n) is 4.50. The molecule has 3 heteroatoms. The van der Waals surface area contributed by atoms with Gasteiger partial charge in [-0.25, -0.2) is 0 Å². The molecule has 104 valence electrons. The van der Waals surface area contributed by atoms with Crippen molar-refractivity contribution in [3.05, 3.63) is 28.3 Å². The van der Waals surface area contributed by atoms with E-state index in [-0.39, 0.29) is 5.97 Å². The van der Waals surface area contributed by atoms with Crippen molar-refractivity contribution in [2.45, 2.75) is 39.5 Å². The van der Waals surface area contributed by atoms with E-state index in [9.17, 15) is 4.79 Å². The van der Waals surface area contributed by atoms with E-state index < -0.39 is 5.41 Å². The van der Waals surface area contributed by atoms with Crippen LogP contribution in [0.4, 0.5) is 0 Å². The number of aryl methyl sites for hydroxylation is 2. The third kappa shape index (κ3) is 1.83. The number of esters is 1. The zero-order chi connectivity index (χ0) is 14.4. The quantitative estimate of drug-likeness (QED) is 0.785. The van der Waals surface area contributed by atoms with Gasteiger partial charge >= 0.3 is 5.97 Å². The Bertz CT molecular complexity index is 533. The monoisotopic (exact) mass is 262 g/mol. The first-order chi connectivity index (χ1) is 8.90. The average molecular weight is 262 g/mol. The van der Waals surface area contributed by atoms with Crippen molar-refractivity contribution < 1.29 is 14.3 Å². The molecule has 1 aliphatic carbocycles. The molecule has 19 heavy (non-hydrogen) atoms. The molecular formula is C16H22O3. The van der Waals surface area contributed by atoms with Crippen molar-refractivity contribution >= 4 is 5.97 Å². The standard InChI is InChI=1S/C16H22O3/c1-9-7-10(2)13(14(18-5)12(9)4)16(8-11(16)3)15(17)19-6/h7,11H,8H2,1-6H3. The second kappa shape index (κ2) is 4.55. The molecule has 0 aromatic heterocycles. The van der Waals surface area contributed by atoms with Gasteiger partial charge in [0.25, 0.3) is 0 Å². The number of rotatable bonds is 3. The summed E-state index contributed by atoms with van der Waals surface area (Å²) in [5.74, 6) is 0.992. The minimum absolute atomic E-state index is 0.148. The Kier molecular flexibility index (Phi) is 3.33. The van der Waals surface area contributed by atoms with Crippen LogP contribution in [0.3, 0.4) is 0 Å². The summed E-state index contributed by atoms with van der Waals surface area (Å²) in [5, 5.41) is 0. The molecule has 3 nitrogen and oxygen atoms in total. The number of hydrogen-bond donors (Lipinski definition) is 0. The minimum Gasteiger partial charge on any atom is -0.496 e. The van der Waals surface area contributed by atoms with E-state index in [0.29, 0.717) is 5.92 Å². The molecule has 1 saturated carbocycles. The largest absolute Gasteiger partial charge is 0.496 e. The molecule has 0 radical (unpaired) electrons. The van der Waals surface area contributed by atoms with Gasteiger partial charge in [-0.05, 0) is 49.8 Å². The summed E-state index contributed by atoms with van der Waals surface area (Å²) < 4.78 is 10.6. The minimum atomic E-state index is -0.511. The molecule has 2 atom stereocenters. The zero-order valence-electron chi connectivity index (χ0n) is 12.6. The van der Waals surface area contributed by atoms with Gasteiger partial charge in [0.2, 0.25) is 0 Å². The Morgan fingerprint density at radius 1 is 1.26 bits per heavy atom. The van der Waals surface area contributed by atoms with E-state index in [4.69, 9.17) is 9.47 Å². The number of hydrogen-bond acceptors (Lipinski definition) is 3. The lowest BCUT2D eigenvalue weighted by atomic mass is 9.86. The fourth-order valence-corrected chi connectivity index (χ4v) is 3.20. The van der Waals surface area contributed by atoms with Crippen LogP contribution < -0.4 is 4.74 Å². The van der Waals surface area contributed by atoms with Crippen LogP contribution in [0.5, 0.6) is 5.75 Å². The predicted octanol–water partition coefficient (Wildman–Crippen LogP) is 3.07. The highest BCUT2D eigenvalue weighted by Gasteiger charge is 2.61. The summed E-state index contributed by atoms with van der Waals surface area (Å²) in [6, 6.07) is 2.13. The molecule has 2 unspecified atom stereocenters. The number of carbonyl (C=O) groups is 1. The van der Waals surface area contributed by atoms with Crippen LogP contribution in [0.15, 0.2) is 6.07 Å². The fraction of sp³-hybridized carbons (Fsp3) is 0.562. The molecule has 1 aromatic carbocycles. The van der Waals surface area contributed by atoms with Gasteiger partial charge in [0.15, 0.2) is 0 Å². The zero-order valence-corrected chi connectivity index (χ0v) is 12.6. The molecule has 1 aliphatic rings. The Morgan fingerprint density at radius 3 is 2.26 bits per heavy atom. The lowest BCUT2D eigenvalue weighted by Gasteiger charge is -2.23. The molecule has 0 amide bonds. The van der Waals surface area contributed by atoms with Gasteiger partial charge in [-0.3, -0.25) is 4.79 Å². The summed E-state index contributed by atoms with van der Waals surface area (Å²) in [4.78, 5) is 12.2. The normalized spacial score (nSPS) is 25.1. The summed E-state index contributed by atoms with van der Waals surface area (Å²) >= 11 is 0. The highest BCUT2D eigenvalue weighted by molar-refractivity contribution is 5.89. The molecule has 2 rings (SSSR count). The molecule has 0 saturated heterocycles.